The molecular formula is C3H10N2O2P+. The van der Waals surface area contributed by atoms with E-state index in [-0.39, 0.29) is 6.61 Å². The van der Waals surface area contributed by atoms with Crippen LogP contribution >= 0.6 is 8.10 Å². The first-order valence-corrected chi connectivity index (χ1v) is 3.50. The van der Waals surface area contributed by atoms with Gasteiger partial charge in [0.25, 0.3) is 0 Å². The van der Waals surface area contributed by atoms with E-state index in [0.717, 1.165) is 0 Å². The molecule has 1 atom stereocenters. The molecule has 8 heavy (non-hydrogen) atoms. The predicted molar refractivity (Wildman–Crippen MR) is 31.5 cm³/mol. The number of hydrogen-bond acceptors (Lipinski definition) is 2. The second-order valence-corrected chi connectivity index (χ2v) is 2.70. The van der Waals surface area contributed by atoms with E-state index < -0.39 is 8.10 Å². The minimum absolute atomic E-state index is 0.00519. The van der Waals surface area contributed by atoms with Gasteiger partial charge in [-0.25, -0.2) is 0 Å². The molecular weight excluding hydrogens is 127 g/mol. The van der Waals surface area contributed by atoms with Crippen molar-refractivity contribution in [2.24, 2.45) is 5.50 Å². The highest BCUT2D eigenvalue weighted by Crippen LogP contribution is 2.11. The first-order valence-electron chi connectivity index (χ1n) is 2.22. The van der Waals surface area contributed by atoms with Gasteiger partial charge in [0.1, 0.15) is 0 Å². The maximum atomic E-state index is 10.3. The highest BCUT2D eigenvalue weighted by Gasteiger charge is 2.14. The lowest BCUT2D eigenvalue weighted by molar-refractivity contribution is 0.268. The minimum Gasteiger partial charge on any atom is -0.395 e. The standard InChI is InChI=1S/C3H10N2O2P/c1-5(2-3-6)8(4)7/h6H,2-3H2,1H3,(H2,4,7)/q+1. The monoisotopic (exact) mass is 137 g/mol. The van der Waals surface area contributed by atoms with Gasteiger partial charge in [-0.2, -0.15) is 0 Å². The van der Waals surface area contributed by atoms with Gasteiger partial charge < -0.3 is 5.11 Å². The molecule has 0 saturated carbocycles. The van der Waals surface area contributed by atoms with Crippen LogP contribution in [0.1, 0.15) is 0 Å². The molecule has 1 unspecified atom stereocenters. The summed E-state index contributed by atoms with van der Waals surface area (Å²) in [6, 6.07) is 0. The Kier molecular flexibility index (Phi) is 3.91. The predicted octanol–water partition coefficient (Wildman–Crippen LogP) is -0.473. The van der Waals surface area contributed by atoms with Gasteiger partial charge in [0, 0.05) is 7.05 Å². The molecule has 5 heteroatoms. The number of nitrogens with zero attached hydrogens (tertiary/aromatic N) is 1. The Hall–Kier alpha value is -0.0200. The van der Waals surface area contributed by atoms with E-state index in [9.17, 15) is 4.57 Å². The van der Waals surface area contributed by atoms with Gasteiger partial charge in [-0.15, -0.1) is 5.50 Å². The number of aliphatic hydroxyl groups is 1. The molecule has 0 aromatic heterocycles. The average molecular weight is 137 g/mol. The number of rotatable bonds is 3. The molecule has 0 amide bonds. The highest BCUT2D eigenvalue weighted by atomic mass is 31.1. The normalized spacial score (nSPS) is 12.2. The van der Waals surface area contributed by atoms with E-state index in [2.05, 4.69) is 0 Å². The molecule has 0 aromatic carbocycles. The van der Waals surface area contributed by atoms with Crippen molar-refractivity contribution in [3.63, 3.8) is 0 Å². The van der Waals surface area contributed by atoms with Crippen molar-refractivity contribution in [2.75, 3.05) is 20.2 Å². The van der Waals surface area contributed by atoms with Crippen LogP contribution in [0.25, 0.3) is 0 Å². The van der Waals surface area contributed by atoms with Gasteiger partial charge in [0.05, 0.1) is 13.2 Å². The van der Waals surface area contributed by atoms with E-state index in [4.69, 9.17) is 10.6 Å². The molecule has 4 nitrogen and oxygen atoms in total. The van der Waals surface area contributed by atoms with Crippen LogP contribution < -0.4 is 5.50 Å². The summed E-state index contributed by atoms with van der Waals surface area (Å²) in [6.45, 7) is 0.362. The van der Waals surface area contributed by atoms with Crippen molar-refractivity contribution >= 4 is 8.10 Å². The largest absolute Gasteiger partial charge is 0.531 e. The molecule has 0 radical (unpaired) electrons. The molecule has 0 aromatic rings. The van der Waals surface area contributed by atoms with E-state index >= 15 is 0 Å². The Morgan fingerprint density at radius 3 is 2.50 bits per heavy atom. The zero-order chi connectivity index (χ0) is 6.57. The lowest BCUT2D eigenvalue weighted by Gasteiger charge is -1.95. The van der Waals surface area contributed by atoms with E-state index in [1.165, 1.54) is 4.67 Å². The van der Waals surface area contributed by atoms with E-state index in [1.54, 1.807) is 7.05 Å². The third-order valence-electron chi connectivity index (χ3n) is 0.760. The lowest BCUT2D eigenvalue weighted by atomic mass is 10.7. The van der Waals surface area contributed by atoms with Crippen molar-refractivity contribution in [1.29, 1.82) is 0 Å². The van der Waals surface area contributed by atoms with Crippen LogP contribution in [0.15, 0.2) is 0 Å². The third-order valence-corrected chi connectivity index (χ3v) is 1.63. The molecule has 0 rings (SSSR count). The van der Waals surface area contributed by atoms with Gasteiger partial charge in [0.15, 0.2) is 0 Å². The Labute approximate surface area is 49.2 Å². The second kappa shape index (κ2) is 3.92. The first-order chi connectivity index (χ1) is 3.68. The fourth-order valence-corrected chi connectivity index (χ4v) is 0.530. The molecule has 0 saturated heterocycles. The van der Waals surface area contributed by atoms with Crippen LogP contribution in [0.4, 0.5) is 0 Å². The molecule has 0 fully saturated rings. The minimum atomic E-state index is -1.74. The summed E-state index contributed by atoms with van der Waals surface area (Å²) in [4.78, 5) is 0. The third kappa shape index (κ3) is 3.04. The van der Waals surface area contributed by atoms with Crippen LogP contribution in [-0.4, -0.2) is 30.0 Å². The maximum Gasteiger partial charge on any atom is 0.531 e. The van der Waals surface area contributed by atoms with Gasteiger partial charge in [-0.05, 0) is 4.57 Å². The van der Waals surface area contributed by atoms with Crippen molar-refractivity contribution in [3.8, 4) is 0 Å². The van der Waals surface area contributed by atoms with E-state index in [1.807, 2.05) is 0 Å². The molecule has 0 spiro atoms. The summed E-state index contributed by atoms with van der Waals surface area (Å²) in [5.41, 5.74) is 4.95. The summed E-state index contributed by atoms with van der Waals surface area (Å²) in [5.74, 6) is 0. The topological polar surface area (TPSA) is 66.6 Å². The SMILES string of the molecule is CN(CCO)[P+](N)=O. The van der Waals surface area contributed by atoms with Gasteiger partial charge in [-0.1, -0.05) is 4.67 Å². The van der Waals surface area contributed by atoms with Crippen LogP contribution in [-0.2, 0) is 4.57 Å². The summed E-state index contributed by atoms with van der Waals surface area (Å²) in [5, 5.41) is 8.26. The Morgan fingerprint density at radius 1 is 1.88 bits per heavy atom. The van der Waals surface area contributed by atoms with Crippen LogP contribution in [0.3, 0.4) is 0 Å². The molecule has 0 aliphatic rings. The Balaban J connectivity index is 3.32. The fourth-order valence-electron chi connectivity index (χ4n) is 0.243. The fraction of sp³-hybridized carbons (Fsp3) is 1.00. The molecule has 0 heterocycles. The zero-order valence-corrected chi connectivity index (χ0v) is 5.64. The maximum absolute atomic E-state index is 10.3. The summed E-state index contributed by atoms with van der Waals surface area (Å²) in [6.07, 6.45) is 0. The number of hydrogen-bond donors (Lipinski definition) is 2. The molecule has 3 N–H and O–H groups in total. The summed E-state index contributed by atoms with van der Waals surface area (Å²) < 4.78 is 11.7. The van der Waals surface area contributed by atoms with Crippen LogP contribution in [0, 0.1) is 0 Å². The molecule has 0 bridgehead atoms. The Morgan fingerprint density at radius 2 is 2.38 bits per heavy atom. The number of nitrogens with two attached hydrogens (primary N) is 1. The highest BCUT2D eigenvalue weighted by molar-refractivity contribution is 7.39. The molecule has 0 aliphatic carbocycles. The quantitative estimate of drug-likeness (QED) is 0.516. The van der Waals surface area contributed by atoms with Gasteiger partial charge in [0.2, 0.25) is 0 Å². The van der Waals surface area contributed by atoms with Crippen LogP contribution in [0.2, 0.25) is 0 Å². The Bertz CT molecular complexity index is 87.4. The summed E-state index contributed by atoms with van der Waals surface area (Å²) >= 11 is 0. The zero-order valence-electron chi connectivity index (χ0n) is 4.74. The van der Waals surface area contributed by atoms with Gasteiger partial charge in [-0.3, -0.25) is 0 Å². The first kappa shape index (κ1) is 7.98. The van der Waals surface area contributed by atoms with Crippen molar-refractivity contribution < 1.29 is 9.67 Å². The smallest absolute Gasteiger partial charge is 0.395 e. The van der Waals surface area contributed by atoms with Crippen LogP contribution in [0.5, 0.6) is 0 Å². The molecule has 0 aliphatic heterocycles. The van der Waals surface area contributed by atoms with Crippen molar-refractivity contribution in [3.05, 3.63) is 0 Å². The second-order valence-electron chi connectivity index (χ2n) is 1.41. The lowest BCUT2D eigenvalue weighted by Crippen LogP contribution is -2.16. The van der Waals surface area contributed by atoms with Crippen molar-refractivity contribution in [2.45, 2.75) is 0 Å². The van der Waals surface area contributed by atoms with Crippen molar-refractivity contribution in [1.82, 2.24) is 4.67 Å². The van der Waals surface area contributed by atoms with Gasteiger partial charge >= 0.3 is 8.10 Å². The summed E-state index contributed by atoms with van der Waals surface area (Å²) in [7, 11) is -0.152. The molecule has 48 valence electrons. The number of aliphatic hydroxyl groups excluding tert-OH is 1. The van der Waals surface area contributed by atoms with E-state index in [0.29, 0.717) is 6.54 Å². The number of likely N-dealkylation sites (N-methyl/N-ethyl adjacent to an activating group) is 1. The average Bonchev–Trinajstić information content (AvgIpc) is 1.67.